The molecule has 0 bridgehead atoms. The van der Waals surface area contributed by atoms with Crippen molar-refractivity contribution in [2.45, 2.75) is 13.3 Å². The van der Waals surface area contributed by atoms with Gasteiger partial charge in [0.15, 0.2) is 0 Å². The van der Waals surface area contributed by atoms with Crippen LogP contribution in [-0.4, -0.2) is 25.1 Å². The Balaban J connectivity index is 1.95. The Kier molecular flexibility index (Phi) is 4.59. The molecule has 0 aliphatic heterocycles. The summed E-state index contributed by atoms with van der Waals surface area (Å²) in [5, 5.41) is 5.37. The first kappa shape index (κ1) is 12.9. The van der Waals surface area contributed by atoms with Crippen LogP contribution in [0.25, 0.3) is 0 Å². The third-order valence-electron chi connectivity index (χ3n) is 2.82. The van der Waals surface area contributed by atoms with Gasteiger partial charge in [-0.25, -0.2) is 4.98 Å². The Bertz CT molecular complexity index is 468. The van der Waals surface area contributed by atoms with Gasteiger partial charge in [0.25, 0.3) is 0 Å². The molecule has 0 unspecified atom stereocenters. The second kappa shape index (κ2) is 6.40. The average Bonchev–Trinajstić information content (AvgIpc) is 2.90. The lowest BCUT2D eigenvalue weighted by atomic mass is 10.3. The molecule has 0 aromatic carbocycles. The summed E-state index contributed by atoms with van der Waals surface area (Å²) in [4.78, 5) is 7.99. The number of nitrogens with one attached hydrogen (secondary N) is 1. The van der Waals surface area contributed by atoms with E-state index in [9.17, 15) is 0 Å². The van der Waals surface area contributed by atoms with Crippen LogP contribution in [0.15, 0.2) is 35.8 Å². The Hall–Kier alpha value is -1.55. The van der Waals surface area contributed by atoms with E-state index in [0.29, 0.717) is 0 Å². The molecule has 1 N–H and O–H groups in total. The maximum atomic E-state index is 4.29. The predicted octanol–water partition coefficient (Wildman–Crippen LogP) is 3.25. The summed E-state index contributed by atoms with van der Waals surface area (Å²) in [6, 6.07) is 8.44. The summed E-state index contributed by atoms with van der Waals surface area (Å²) in [6.07, 6.45) is 2.95. The Morgan fingerprint density at radius 2 is 2.28 bits per heavy atom. The summed E-state index contributed by atoms with van der Waals surface area (Å²) in [6.45, 7) is 4.00. The van der Waals surface area contributed by atoms with Crippen LogP contribution in [0.1, 0.15) is 11.8 Å². The van der Waals surface area contributed by atoms with Gasteiger partial charge in [0.1, 0.15) is 5.82 Å². The summed E-state index contributed by atoms with van der Waals surface area (Å²) in [5.41, 5.74) is 1.21. The zero-order chi connectivity index (χ0) is 12.8. The van der Waals surface area contributed by atoms with E-state index in [0.717, 1.165) is 25.3 Å². The minimum absolute atomic E-state index is 0.898. The number of likely N-dealkylation sites (N-methyl/N-ethyl adjacent to an activating group) is 1. The number of anilines is 2. The number of rotatable bonds is 6. The van der Waals surface area contributed by atoms with Gasteiger partial charge in [0.2, 0.25) is 0 Å². The highest BCUT2D eigenvalue weighted by Crippen LogP contribution is 2.17. The second-order valence-corrected chi connectivity index (χ2v) is 5.21. The third kappa shape index (κ3) is 3.47. The van der Waals surface area contributed by atoms with Gasteiger partial charge in [-0.05, 0) is 30.9 Å². The number of aromatic nitrogens is 1. The van der Waals surface area contributed by atoms with Gasteiger partial charge < -0.3 is 10.2 Å². The molecule has 0 amide bonds. The minimum atomic E-state index is 0.898. The van der Waals surface area contributed by atoms with E-state index in [1.807, 2.05) is 17.5 Å². The predicted molar refractivity (Wildman–Crippen MR) is 79.7 cm³/mol. The molecular formula is C14H19N3S. The van der Waals surface area contributed by atoms with E-state index < -0.39 is 0 Å². The van der Waals surface area contributed by atoms with Crippen LogP contribution >= 0.6 is 11.3 Å². The van der Waals surface area contributed by atoms with E-state index in [1.165, 1.54) is 10.6 Å². The van der Waals surface area contributed by atoms with Crippen molar-refractivity contribution in [3.8, 4) is 0 Å². The van der Waals surface area contributed by atoms with Crippen molar-refractivity contribution in [2.75, 3.05) is 30.4 Å². The Morgan fingerprint density at radius 1 is 1.39 bits per heavy atom. The summed E-state index contributed by atoms with van der Waals surface area (Å²) < 4.78 is 0. The summed E-state index contributed by atoms with van der Waals surface area (Å²) in [5.74, 6) is 0.943. The highest BCUT2D eigenvalue weighted by Gasteiger charge is 2.03. The molecule has 0 radical (unpaired) electrons. The molecule has 0 fully saturated rings. The van der Waals surface area contributed by atoms with Gasteiger partial charge in [-0.15, -0.1) is 11.3 Å². The first-order valence-electron chi connectivity index (χ1n) is 6.23. The molecule has 4 heteroatoms. The van der Waals surface area contributed by atoms with Crippen molar-refractivity contribution in [3.63, 3.8) is 0 Å². The number of thiophene rings is 1. The highest BCUT2D eigenvalue weighted by atomic mass is 32.1. The molecule has 0 saturated heterocycles. The first-order chi connectivity index (χ1) is 8.79. The Morgan fingerprint density at radius 3 is 3.00 bits per heavy atom. The zero-order valence-corrected chi connectivity index (χ0v) is 11.7. The van der Waals surface area contributed by atoms with Crippen molar-refractivity contribution < 1.29 is 0 Å². The molecule has 0 aliphatic carbocycles. The van der Waals surface area contributed by atoms with Crippen molar-refractivity contribution in [3.05, 3.63) is 40.7 Å². The highest BCUT2D eigenvalue weighted by molar-refractivity contribution is 7.09. The van der Waals surface area contributed by atoms with Crippen molar-refractivity contribution in [2.24, 2.45) is 0 Å². The van der Waals surface area contributed by atoms with Gasteiger partial charge in [-0.1, -0.05) is 6.07 Å². The van der Waals surface area contributed by atoms with Crippen LogP contribution in [0.2, 0.25) is 0 Å². The number of hydrogen-bond donors (Lipinski definition) is 1. The fourth-order valence-electron chi connectivity index (χ4n) is 1.80. The average molecular weight is 261 g/mol. The van der Waals surface area contributed by atoms with Crippen molar-refractivity contribution in [1.82, 2.24) is 4.98 Å². The molecule has 3 nitrogen and oxygen atoms in total. The van der Waals surface area contributed by atoms with Crippen LogP contribution in [0.5, 0.6) is 0 Å². The molecule has 2 heterocycles. The Labute approximate surface area is 112 Å². The number of hydrogen-bond acceptors (Lipinski definition) is 4. The first-order valence-corrected chi connectivity index (χ1v) is 7.11. The van der Waals surface area contributed by atoms with E-state index in [1.54, 1.807) is 0 Å². The summed E-state index contributed by atoms with van der Waals surface area (Å²) in [7, 11) is 2.12. The molecule has 18 heavy (non-hydrogen) atoms. The lowest BCUT2D eigenvalue weighted by Gasteiger charge is -2.19. The van der Waals surface area contributed by atoms with Crippen LogP contribution in [0.3, 0.4) is 0 Å². The SMILES string of the molecule is CCNc1cc(N(C)CCc2cccs2)ccn1. The molecule has 0 aliphatic rings. The maximum absolute atomic E-state index is 4.29. The van der Waals surface area contributed by atoms with Gasteiger partial charge in [0.05, 0.1) is 0 Å². The lowest BCUT2D eigenvalue weighted by Crippen LogP contribution is -2.20. The molecule has 2 aromatic heterocycles. The standard InChI is InChI=1S/C14H19N3S/c1-3-15-14-11-12(6-8-16-14)17(2)9-7-13-5-4-10-18-13/h4-6,8,10-11H,3,7,9H2,1-2H3,(H,15,16). The second-order valence-electron chi connectivity index (χ2n) is 4.18. The molecule has 96 valence electrons. The van der Waals surface area contributed by atoms with Gasteiger partial charge in [-0.2, -0.15) is 0 Å². The van der Waals surface area contributed by atoms with E-state index in [-0.39, 0.29) is 0 Å². The molecule has 0 atom stereocenters. The molecule has 0 spiro atoms. The molecular weight excluding hydrogens is 242 g/mol. The fraction of sp³-hybridized carbons (Fsp3) is 0.357. The zero-order valence-electron chi connectivity index (χ0n) is 10.9. The minimum Gasteiger partial charge on any atom is -0.374 e. The van der Waals surface area contributed by atoms with Gasteiger partial charge >= 0.3 is 0 Å². The third-order valence-corrected chi connectivity index (χ3v) is 3.75. The molecule has 0 saturated carbocycles. The van der Waals surface area contributed by atoms with Crippen LogP contribution in [-0.2, 0) is 6.42 Å². The smallest absolute Gasteiger partial charge is 0.127 e. The topological polar surface area (TPSA) is 28.2 Å². The quantitative estimate of drug-likeness (QED) is 0.865. The fourth-order valence-corrected chi connectivity index (χ4v) is 2.49. The van der Waals surface area contributed by atoms with Crippen molar-refractivity contribution >= 4 is 22.8 Å². The summed E-state index contributed by atoms with van der Waals surface area (Å²) >= 11 is 1.82. The van der Waals surface area contributed by atoms with Crippen LogP contribution in [0, 0.1) is 0 Å². The van der Waals surface area contributed by atoms with Gasteiger partial charge in [0, 0.05) is 43.0 Å². The monoisotopic (exact) mass is 261 g/mol. The van der Waals surface area contributed by atoms with Gasteiger partial charge in [-0.3, -0.25) is 0 Å². The largest absolute Gasteiger partial charge is 0.374 e. The maximum Gasteiger partial charge on any atom is 0.127 e. The lowest BCUT2D eigenvalue weighted by molar-refractivity contribution is 0.886. The van der Waals surface area contributed by atoms with E-state index >= 15 is 0 Å². The van der Waals surface area contributed by atoms with Crippen molar-refractivity contribution in [1.29, 1.82) is 0 Å². The normalized spacial score (nSPS) is 10.3. The number of pyridine rings is 1. The van der Waals surface area contributed by atoms with Crippen LogP contribution < -0.4 is 10.2 Å². The van der Waals surface area contributed by atoms with E-state index in [4.69, 9.17) is 0 Å². The van der Waals surface area contributed by atoms with E-state index in [2.05, 4.69) is 58.8 Å². The molecule has 2 aromatic rings. The van der Waals surface area contributed by atoms with Crippen LogP contribution in [0.4, 0.5) is 11.5 Å². The number of nitrogens with zero attached hydrogens (tertiary/aromatic N) is 2. The molecule has 2 rings (SSSR count).